The molecule has 0 unspecified atom stereocenters. The Morgan fingerprint density at radius 1 is 1.43 bits per heavy atom. The first-order valence-corrected chi connectivity index (χ1v) is 3.38. The quantitative estimate of drug-likeness (QED) is 0.462. The van der Waals surface area contributed by atoms with E-state index in [-0.39, 0.29) is 0 Å². The number of carboxylic acid groups (broad SMARTS) is 2. The molecule has 0 atom stereocenters. The highest BCUT2D eigenvalue weighted by molar-refractivity contribution is 6.27. The Bertz CT molecular complexity index is 332. The molecule has 0 aromatic carbocycles. The van der Waals surface area contributed by atoms with Crippen LogP contribution in [0.25, 0.3) is 0 Å². The van der Waals surface area contributed by atoms with E-state index >= 15 is 0 Å². The minimum atomic E-state index is -1.82. The molecule has 1 rings (SSSR count). The van der Waals surface area contributed by atoms with E-state index in [1.165, 1.54) is 4.68 Å². The van der Waals surface area contributed by atoms with Crippen LogP contribution < -0.4 is 0 Å². The number of aldehydes is 1. The third-order valence-electron chi connectivity index (χ3n) is 1.16. The van der Waals surface area contributed by atoms with Crippen molar-refractivity contribution in [3.05, 3.63) is 18.0 Å². The fourth-order valence-electron chi connectivity index (χ4n) is 0.500. The van der Waals surface area contributed by atoms with E-state index in [0.29, 0.717) is 5.69 Å². The van der Waals surface area contributed by atoms with Crippen LogP contribution in [0.2, 0.25) is 0 Å². The summed E-state index contributed by atoms with van der Waals surface area (Å²) in [6.45, 7) is 0. The normalized spacial score (nSPS) is 8.36. The number of hydrogen-bond donors (Lipinski definition) is 2. The van der Waals surface area contributed by atoms with Crippen LogP contribution >= 0.6 is 0 Å². The molecule has 1 aromatic rings. The number of carbonyl (C=O) groups is 3. The minimum Gasteiger partial charge on any atom is -0.473 e. The predicted octanol–water partition coefficient (Wildman–Crippen LogP) is -0.612. The van der Waals surface area contributed by atoms with E-state index in [2.05, 4.69) is 5.10 Å². The number of carbonyl (C=O) groups excluding carboxylic acids is 1. The van der Waals surface area contributed by atoms with E-state index in [1.807, 2.05) is 0 Å². The first-order chi connectivity index (χ1) is 6.49. The van der Waals surface area contributed by atoms with Gasteiger partial charge in [0.05, 0.1) is 0 Å². The third-order valence-corrected chi connectivity index (χ3v) is 1.16. The first kappa shape index (κ1) is 11.8. The number of aliphatic carboxylic acids is 2. The maximum atomic E-state index is 10.0. The molecule has 1 heterocycles. The Hall–Kier alpha value is -2.18. The van der Waals surface area contributed by atoms with E-state index in [4.69, 9.17) is 19.8 Å². The van der Waals surface area contributed by atoms with Crippen molar-refractivity contribution in [3.63, 3.8) is 0 Å². The fraction of sp³-hybridized carbons (Fsp3) is 0.143. The van der Waals surface area contributed by atoms with Crippen LogP contribution in [0.5, 0.6) is 0 Å². The molecule has 0 saturated carbocycles. The molecule has 2 N–H and O–H groups in total. The molecule has 0 fully saturated rings. The monoisotopic (exact) mass is 200 g/mol. The highest BCUT2D eigenvalue weighted by Crippen LogP contribution is 1.88. The second-order valence-corrected chi connectivity index (χ2v) is 2.11. The van der Waals surface area contributed by atoms with E-state index in [1.54, 1.807) is 19.3 Å². The van der Waals surface area contributed by atoms with Gasteiger partial charge in [-0.1, -0.05) is 0 Å². The first-order valence-electron chi connectivity index (χ1n) is 3.38. The van der Waals surface area contributed by atoms with Crippen molar-refractivity contribution in [2.75, 3.05) is 0 Å². The topological polar surface area (TPSA) is 109 Å². The van der Waals surface area contributed by atoms with Crippen molar-refractivity contribution < 1.29 is 24.6 Å². The Labute approximate surface area is 78.6 Å². The Morgan fingerprint density at radius 3 is 2.07 bits per heavy atom. The number of nitrogens with zero attached hydrogens (tertiary/aromatic N) is 2. The second kappa shape index (κ2) is 5.46. The van der Waals surface area contributed by atoms with Crippen molar-refractivity contribution in [1.29, 1.82) is 0 Å². The number of carboxylic acids is 2. The summed E-state index contributed by atoms with van der Waals surface area (Å²) in [5.74, 6) is -3.65. The molecule has 0 aliphatic rings. The molecule has 7 heteroatoms. The molecule has 14 heavy (non-hydrogen) atoms. The molecule has 0 saturated heterocycles. The molecule has 0 aliphatic carbocycles. The van der Waals surface area contributed by atoms with Gasteiger partial charge in [-0.3, -0.25) is 9.48 Å². The van der Waals surface area contributed by atoms with Gasteiger partial charge >= 0.3 is 11.9 Å². The van der Waals surface area contributed by atoms with Gasteiger partial charge in [-0.15, -0.1) is 0 Å². The summed E-state index contributed by atoms with van der Waals surface area (Å²) in [6.07, 6.45) is 2.36. The molecule has 0 radical (unpaired) electrons. The van der Waals surface area contributed by atoms with Gasteiger partial charge in [0.1, 0.15) is 5.69 Å². The SMILES string of the molecule is Cn1nccc1C=O.O=C(O)C(=O)O. The van der Waals surface area contributed by atoms with Crippen molar-refractivity contribution in [2.24, 2.45) is 7.05 Å². The van der Waals surface area contributed by atoms with Crippen molar-refractivity contribution in [3.8, 4) is 0 Å². The van der Waals surface area contributed by atoms with Crippen LogP contribution in [0.4, 0.5) is 0 Å². The van der Waals surface area contributed by atoms with Gasteiger partial charge in [0, 0.05) is 13.2 Å². The van der Waals surface area contributed by atoms with Gasteiger partial charge in [0.25, 0.3) is 0 Å². The summed E-state index contributed by atoms with van der Waals surface area (Å²) >= 11 is 0. The largest absolute Gasteiger partial charge is 0.473 e. The lowest BCUT2D eigenvalue weighted by Crippen LogP contribution is -2.09. The molecule has 0 amide bonds. The second-order valence-electron chi connectivity index (χ2n) is 2.11. The van der Waals surface area contributed by atoms with Crippen LogP contribution in [-0.4, -0.2) is 38.2 Å². The van der Waals surface area contributed by atoms with Crippen molar-refractivity contribution >= 4 is 18.2 Å². The standard InChI is InChI=1S/C5H6N2O.C2H2O4/c1-7-5(4-8)2-3-6-7;3-1(4)2(5)6/h2-4H,1H3;(H,3,4)(H,5,6). The molecule has 76 valence electrons. The number of hydrogen-bond acceptors (Lipinski definition) is 4. The summed E-state index contributed by atoms with van der Waals surface area (Å²) in [6, 6.07) is 1.66. The van der Waals surface area contributed by atoms with E-state index in [9.17, 15) is 4.79 Å². The van der Waals surface area contributed by atoms with Gasteiger partial charge in [0.15, 0.2) is 6.29 Å². The lowest BCUT2D eigenvalue weighted by molar-refractivity contribution is -0.159. The zero-order valence-electron chi connectivity index (χ0n) is 7.25. The van der Waals surface area contributed by atoms with Gasteiger partial charge < -0.3 is 10.2 Å². The lowest BCUT2D eigenvalue weighted by atomic mass is 10.5. The molecule has 1 aromatic heterocycles. The van der Waals surface area contributed by atoms with Crippen molar-refractivity contribution in [1.82, 2.24) is 9.78 Å². The Morgan fingerprint density at radius 2 is 1.93 bits per heavy atom. The van der Waals surface area contributed by atoms with Crippen LogP contribution in [0.1, 0.15) is 10.5 Å². The van der Waals surface area contributed by atoms with Gasteiger partial charge in [-0.25, -0.2) is 9.59 Å². The highest BCUT2D eigenvalue weighted by atomic mass is 16.4. The maximum absolute atomic E-state index is 10.0. The average Bonchev–Trinajstić information content (AvgIpc) is 2.51. The summed E-state index contributed by atoms with van der Waals surface area (Å²) < 4.78 is 1.52. The predicted molar refractivity (Wildman–Crippen MR) is 43.9 cm³/mol. The number of aromatic nitrogens is 2. The Balaban J connectivity index is 0.000000255. The van der Waals surface area contributed by atoms with Gasteiger partial charge in [0.2, 0.25) is 0 Å². The summed E-state index contributed by atoms with van der Waals surface area (Å²) in [7, 11) is 1.73. The summed E-state index contributed by atoms with van der Waals surface area (Å²) in [5.41, 5.74) is 0.602. The number of aryl methyl sites for hydroxylation is 1. The fourth-order valence-corrected chi connectivity index (χ4v) is 0.500. The zero-order valence-corrected chi connectivity index (χ0v) is 7.25. The molecule has 0 aliphatic heterocycles. The van der Waals surface area contributed by atoms with E-state index in [0.717, 1.165) is 6.29 Å². The van der Waals surface area contributed by atoms with Crippen molar-refractivity contribution in [2.45, 2.75) is 0 Å². The molecule has 7 nitrogen and oxygen atoms in total. The smallest absolute Gasteiger partial charge is 0.414 e. The maximum Gasteiger partial charge on any atom is 0.414 e. The molecular weight excluding hydrogens is 192 g/mol. The van der Waals surface area contributed by atoms with Crippen LogP contribution in [0, 0.1) is 0 Å². The average molecular weight is 200 g/mol. The molecular formula is C7H8N2O5. The van der Waals surface area contributed by atoms with E-state index < -0.39 is 11.9 Å². The third kappa shape index (κ3) is 4.00. The van der Waals surface area contributed by atoms with Gasteiger partial charge in [-0.2, -0.15) is 5.10 Å². The Kier molecular flexibility index (Phi) is 4.61. The zero-order chi connectivity index (χ0) is 11.1. The van der Waals surface area contributed by atoms with Crippen LogP contribution in [-0.2, 0) is 16.6 Å². The summed E-state index contributed by atoms with van der Waals surface area (Å²) in [4.78, 5) is 28.2. The minimum absolute atomic E-state index is 0.602. The van der Waals surface area contributed by atoms with Crippen LogP contribution in [0.15, 0.2) is 12.3 Å². The lowest BCUT2D eigenvalue weighted by Gasteiger charge is -1.86. The van der Waals surface area contributed by atoms with Gasteiger partial charge in [-0.05, 0) is 6.07 Å². The van der Waals surface area contributed by atoms with Crippen LogP contribution in [0.3, 0.4) is 0 Å². The highest BCUT2D eigenvalue weighted by Gasteiger charge is 2.04. The molecule has 0 bridgehead atoms. The molecule has 0 spiro atoms. The number of rotatable bonds is 1. The summed E-state index contributed by atoms with van der Waals surface area (Å²) in [5, 5.41) is 18.6.